The summed E-state index contributed by atoms with van der Waals surface area (Å²) >= 11 is 5.30. The van der Waals surface area contributed by atoms with Crippen LogP contribution in [0.5, 0.6) is 0 Å². The number of rotatable bonds is 2. The van der Waals surface area contributed by atoms with Gasteiger partial charge < -0.3 is 15.3 Å². The van der Waals surface area contributed by atoms with Crippen molar-refractivity contribution in [1.29, 1.82) is 0 Å². The van der Waals surface area contributed by atoms with Gasteiger partial charge in [-0.05, 0) is 43.6 Å². The zero-order chi connectivity index (χ0) is 13.0. The summed E-state index contributed by atoms with van der Waals surface area (Å²) in [5.41, 5.74) is 0.379. The molecular weight excluding hydrogens is 251 g/mol. The molecule has 98 valence electrons. The second-order valence-corrected chi connectivity index (χ2v) is 4.82. The van der Waals surface area contributed by atoms with Crippen LogP contribution < -0.4 is 5.32 Å². The van der Waals surface area contributed by atoms with Gasteiger partial charge in [0.1, 0.15) is 5.82 Å². The predicted molar refractivity (Wildman–Crippen MR) is 74.1 cm³/mol. The van der Waals surface area contributed by atoms with E-state index in [0.29, 0.717) is 10.8 Å². The fourth-order valence-electron chi connectivity index (χ4n) is 2.21. The number of piperidine rings is 1. The van der Waals surface area contributed by atoms with Crippen LogP contribution in [0.3, 0.4) is 0 Å². The summed E-state index contributed by atoms with van der Waals surface area (Å²) in [5, 5.41) is 12.7. The maximum absolute atomic E-state index is 13.5. The van der Waals surface area contributed by atoms with E-state index in [0.717, 1.165) is 25.8 Å². The smallest absolute Gasteiger partial charge is 0.173 e. The highest BCUT2D eigenvalue weighted by molar-refractivity contribution is 7.80. The lowest BCUT2D eigenvalue weighted by Crippen LogP contribution is -2.47. The lowest BCUT2D eigenvalue weighted by Gasteiger charge is -2.36. The molecule has 0 spiro atoms. The number of hydrogen-bond acceptors (Lipinski definition) is 2. The Bertz CT molecular complexity index is 427. The summed E-state index contributed by atoms with van der Waals surface area (Å²) < 4.78 is 13.5. The molecule has 1 atom stereocenters. The van der Waals surface area contributed by atoms with Crippen LogP contribution in [-0.4, -0.2) is 34.3 Å². The van der Waals surface area contributed by atoms with Crippen molar-refractivity contribution >= 4 is 23.0 Å². The van der Waals surface area contributed by atoms with Gasteiger partial charge in [-0.15, -0.1) is 0 Å². The number of para-hydroxylation sites is 1. The van der Waals surface area contributed by atoms with Gasteiger partial charge in [0.25, 0.3) is 0 Å². The standard InChI is InChI=1S/C13H17FN2OS/c14-11-6-1-2-7-12(11)15-13(18)16-8-4-3-5-10(16)9-17/h1-2,6-7,10,17H,3-5,8-9H2,(H,15,18). The van der Waals surface area contributed by atoms with Gasteiger partial charge in [0.15, 0.2) is 5.11 Å². The van der Waals surface area contributed by atoms with Crippen LogP contribution in [0.15, 0.2) is 24.3 Å². The Morgan fingerprint density at radius 1 is 1.44 bits per heavy atom. The normalized spacial score (nSPS) is 19.7. The van der Waals surface area contributed by atoms with Crippen molar-refractivity contribution in [3.05, 3.63) is 30.1 Å². The number of thiocarbonyl (C=S) groups is 1. The van der Waals surface area contributed by atoms with Gasteiger partial charge in [-0.3, -0.25) is 0 Å². The molecule has 3 nitrogen and oxygen atoms in total. The van der Waals surface area contributed by atoms with Crippen LogP contribution >= 0.6 is 12.2 Å². The van der Waals surface area contributed by atoms with E-state index in [1.54, 1.807) is 18.2 Å². The molecule has 0 saturated carbocycles. The molecule has 0 bridgehead atoms. The van der Waals surface area contributed by atoms with E-state index in [1.807, 2.05) is 4.90 Å². The monoisotopic (exact) mass is 268 g/mol. The molecule has 18 heavy (non-hydrogen) atoms. The van der Waals surface area contributed by atoms with Crippen molar-refractivity contribution < 1.29 is 9.50 Å². The Morgan fingerprint density at radius 3 is 2.94 bits per heavy atom. The first kappa shape index (κ1) is 13.2. The number of benzene rings is 1. The molecule has 0 aromatic heterocycles. The lowest BCUT2D eigenvalue weighted by molar-refractivity contribution is 0.149. The van der Waals surface area contributed by atoms with E-state index < -0.39 is 0 Å². The largest absolute Gasteiger partial charge is 0.394 e. The predicted octanol–water partition coefficient (Wildman–Crippen LogP) is 2.37. The molecule has 2 rings (SSSR count). The molecule has 0 aliphatic carbocycles. The molecule has 0 radical (unpaired) electrons. The number of hydrogen-bond donors (Lipinski definition) is 2. The molecule has 2 N–H and O–H groups in total. The fourth-order valence-corrected chi connectivity index (χ4v) is 2.56. The van der Waals surface area contributed by atoms with Crippen molar-refractivity contribution in [3.8, 4) is 0 Å². The number of nitrogens with zero attached hydrogens (tertiary/aromatic N) is 1. The van der Waals surface area contributed by atoms with Gasteiger partial charge in [0.05, 0.1) is 18.3 Å². The molecule has 1 saturated heterocycles. The fraction of sp³-hybridized carbons (Fsp3) is 0.462. The van der Waals surface area contributed by atoms with Crippen LogP contribution in [0, 0.1) is 5.82 Å². The first-order chi connectivity index (χ1) is 8.72. The van der Waals surface area contributed by atoms with Gasteiger partial charge in [-0.2, -0.15) is 0 Å². The number of aliphatic hydroxyl groups excluding tert-OH is 1. The maximum Gasteiger partial charge on any atom is 0.173 e. The van der Waals surface area contributed by atoms with Crippen molar-refractivity contribution in [2.45, 2.75) is 25.3 Å². The zero-order valence-electron chi connectivity index (χ0n) is 10.1. The SMILES string of the molecule is OCC1CCCCN1C(=S)Nc1ccccc1F. The minimum absolute atomic E-state index is 0.0468. The number of nitrogens with one attached hydrogen (secondary N) is 1. The Morgan fingerprint density at radius 2 is 2.22 bits per heavy atom. The highest BCUT2D eigenvalue weighted by atomic mass is 32.1. The maximum atomic E-state index is 13.5. The Kier molecular flexibility index (Phi) is 4.49. The van der Waals surface area contributed by atoms with Gasteiger partial charge in [0, 0.05) is 6.54 Å². The van der Waals surface area contributed by atoms with Gasteiger partial charge in [-0.1, -0.05) is 12.1 Å². The highest BCUT2D eigenvalue weighted by Gasteiger charge is 2.24. The number of aliphatic hydroxyl groups is 1. The van der Waals surface area contributed by atoms with Gasteiger partial charge in [-0.25, -0.2) is 4.39 Å². The Hall–Kier alpha value is -1.20. The minimum Gasteiger partial charge on any atom is -0.394 e. The summed E-state index contributed by atoms with van der Waals surface area (Å²) in [6.45, 7) is 0.893. The molecule has 5 heteroatoms. The van der Waals surface area contributed by atoms with E-state index in [-0.39, 0.29) is 18.5 Å². The topological polar surface area (TPSA) is 35.5 Å². The third-order valence-corrected chi connectivity index (χ3v) is 3.55. The third-order valence-electron chi connectivity index (χ3n) is 3.21. The molecule has 1 unspecified atom stereocenters. The summed E-state index contributed by atoms with van der Waals surface area (Å²) in [5.74, 6) is -0.322. The Balaban J connectivity index is 2.05. The van der Waals surface area contributed by atoms with E-state index in [2.05, 4.69) is 5.32 Å². The quantitative estimate of drug-likeness (QED) is 0.807. The van der Waals surface area contributed by atoms with Crippen LogP contribution in [0.2, 0.25) is 0 Å². The molecule has 1 heterocycles. The molecule has 1 fully saturated rings. The molecule has 1 aliphatic rings. The zero-order valence-corrected chi connectivity index (χ0v) is 10.9. The first-order valence-electron chi connectivity index (χ1n) is 6.15. The summed E-state index contributed by atoms with van der Waals surface area (Å²) in [6, 6.07) is 6.49. The van der Waals surface area contributed by atoms with Crippen LogP contribution in [0.25, 0.3) is 0 Å². The van der Waals surface area contributed by atoms with E-state index in [4.69, 9.17) is 12.2 Å². The van der Waals surface area contributed by atoms with Crippen molar-refractivity contribution in [2.24, 2.45) is 0 Å². The van der Waals surface area contributed by atoms with Crippen LogP contribution in [0.1, 0.15) is 19.3 Å². The first-order valence-corrected chi connectivity index (χ1v) is 6.56. The second kappa shape index (κ2) is 6.11. The number of halogens is 1. The minimum atomic E-state index is -0.322. The molecule has 1 aliphatic heterocycles. The highest BCUT2D eigenvalue weighted by Crippen LogP contribution is 2.19. The van der Waals surface area contributed by atoms with Gasteiger partial charge >= 0.3 is 0 Å². The summed E-state index contributed by atoms with van der Waals surface area (Å²) in [6.07, 6.45) is 3.08. The van der Waals surface area contributed by atoms with Crippen LogP contribution in [0.4, 0.5) is 10.1 Å². The average Bonchev–Trinajstić information content (AvgIpc) is 2.41. The van der Waals surface area contributed by atoms with Crippen molar-refractivity contribution in [3.63, 3.8) is 0 Å². The Labute approximate surface area is 112 Å². The number of likely N-dealkylation sites (tertiary alicyclic amines) is 1. The van der Waals surface area contributed by atoms with Crippen molar-refractivity contribution in [1.82, 2.24) is 4.90 Å². The summed E-state index contributed by atoms with van der Waals surface area (Å²) in [7, 11) is 0. The molecule has 1 aromatic carbocycles. The average molecular weight is 268 g/mol. The molecular formula is C13H17FN2OS. The van der Waals surface area contributed by atoms with Crippen molar-refractivity contribution in [2.75, 3.05) is 18.5 Å². The lowest BCUT2D eigenvalue weighted by atomic mass is 10.0. The summed E-state index contributed by atoms with van der Waals surface area (Å²) in [4.78, 5) is 1.95. The van der Waals surface area contributed by atoms with E-state index >= 15 is 0 Å². The molecule has 0 amide bonds. The van der Waals surface area contributed by atoms with Crippen LogP contribution in [-0.2, 0) is 0 Å². The number of anilines is 1. The van der Waals surface area contributed by atoms with E-state index in [1.165, 1.54) is 6.07 Å². The van der Waals surface area contributed by atoms with E-state index in [9.17, 15) is 9.50 Å². The van der Waals surface area contributed by atoms with Gasteiger partial charge in [0.2, 0.25) is 0 Å². The second-order valence-electron chi connectivity index (χ2n) is 4.44. The molecule has 1 aromatic rings. The third kappa shape index (κ3) is 2.97.